The summed E-state index contributed by atoms with van der Waals surface area (Å²) in [6.45, 7) is -0.312. The van der Waals surface area contributed by atoms with Crippen molar-refractivity contribution in [2.24, 2.45) is 0 Å². The maximum atomic E-state index is 12.4. The molecule has 1 fully saturated rings. The first kappa shape index (κ1) is 23.4. The molecule has 0 saturated carbocycles. The van der Waals surface area contributed by atoms with Crippen molar-refractivity contribution in [3.05, 3.63) is 72.3 Å². The first-order chi connectivity index (χ1) is 15.2. The molecule has 1 heterocycles. The number of carbonyl (C=O) groups excluding carboxylic acids is 3. The number of rotatable bonds is 7. The number of halogens is 2. The van der Waals surface area contributed by atoms with E-state index < -0.39 is 29.4 Å². The fourth-order valence-corrected chi connectivity index (χ4v) is 4.20. The van der Waals surface area contributed by atoms with Crippen molar-refractivity contribution in [1.29, 1.82) is 0 Å². The Morgan fingerprint density at radius 3 is 2.38 bits per heavy atom. The van der Waals surface area contributed by atoms with E-state index in [0.717, 1.165) is 17.6 Å². The van der Waals surface area contributed by atoms with Crippen LogP contribution in [0.1, 0.15) is 11.1 Å². The predicted molar refractivity (Wildman–Crippen MR) is 120 cm³/mol. The van der Waals surface area contributed by atoms with E-state index in [9.17, 15) is 24.5 Å². The fourth-order valence-electron chi connectivity index (χ4n) is 2.75. The minimum Gasteiger partial charge on any atom is -0.487 e. The fraction of sp³-hybridized carbons (Fsp3) is 0.150. The number of ether oxygens (including phenoxy) is 2. The molecule has 12 heteroatoms. The monoisotopic (exact) mass is 567 g/mol. The minimum atomic E-state index is -0.715. The van der Waals surface area contributed by atoms with Gasteiger partial charge in [-0.25, -0.2) is 9.69 Å². The molecule has 1 aliphatic heterocycles. The average Bonchev–Trinajstić information content (AvgIpc) is 3.00. The predicted octanol–water partition coefficient (Wildman–Crippen LogP) is 3.76. The maximum absolute atomic E-state index is 12.4. The molecule has 2 aromatic carbocycles. The minimum absolute atomic E-state index is 0.00722. The highest BCUT2D eigenvalue weighted by atomic mass is 79.9. The number of nitro groups is 1. The number of imide groups is 1. The standard InChI is InChI=1S/C20H15Br2N3O7/c1-31-17(26)9-24-19(27)16(23-20(24)28)8-12-6-14(21)18(15(22)7-12)32-10-11-2-4-13(5-3-11)25(29)30/h2-8H,9-10H2,1H3,(H,23,28)/b16-8+. The third-order valence-electron chi connectivity index (χ3n) is 4.34. The molecule has 3 amide bonds. The zero-order chi connectivity index (χ0) is 23.4. The quantitative estimate of drug-likeness (QED) is 0.177. The molecule has 0 radical (unpaired) electrons. The lowest BCUT2D eigenvalue weighted by Gasteiger charge is -2.12. The Kier molecular flexibility index (Phi) is 7.26. The number of methoxy groups -OCH3 is 1. The number of hydrogen-bond donors (Lipinski definition) is 1. The van der Waals surface area contributed by atoms with Crippen molar-refractivity contribution >= 4 is 61.5 Å². The summed E-state index contributed by atoms with van der Waals surface area (Å²) in [4.78, 5) is 46.8. The first-order valence-electron chi connectivity index (χ1n) is 8.96. The van der Waals surface area contributed by atoms with E-state index in [1.165, 1.54) is 18.2 Å². The zero-order valence-electron chi connectivity index (χ0n) is 16.5. The molecule has 0 atom stereocenters. The summed E-state index contributed by atoms with van der Waals surface area (Å²) >= 11 is 6.83. The molecule has 1 saturated heterocycles. The molecule has 1 N–H and O–H groups in total. The molecular weight excluding hydrogens is 554 g/mol. The number of amides is 3. The Morgan fingerprint density at radius 1 is 1.19 bits per heavy atom. The first-order valence-corrected chi connectivity index (χ1v) is 10.5. The van der Waals surface area contributed by atoms with Gasteiger partial charge in [-0.2, -0.15) is 0 Å². The summed E-state index contributed by atoms with van der Waals surface area (Å²) in [6.07, 6.45) is 1.47. The van der Waals surface area contributed by atoms with Gasteiger partial charge in [0.25, 0.3) is 11.6 Å². The molecule has 3 rings (SSSR count). The van der Waals surface area contributed by atoms with Crippen LogP contribution in [-0.4, -0.2) is 41.4 Å². The Hall–Kier alpha value is -3.25. The van der Waals surface area contributed by atoms with Crippen LogP contribution in [0.3, 0.4) is 0 Å². The van der Waals surface area contributed by atoms with Crippen LogP contribution in [0.4, 0.5) is 10.5 Å². The van der Waals surface area contributed by atoms with Gasteiger partial charge in [0.15, 0.2) is 0 Å². The van der Waals surface area contributed by atoms with Crippen molar-refractivity contribution in [1.82, 2.24) is 10.2 Å². The second-order valence-corrected chi connectivity index (χ2v) is 8.19. The van der Waals surface area contributed by atoms with Crippen LogP contribution in [0.25, 0.3) is 6.08 Å². The summed E-state index contributed by atoms with van der Waals surface area (Å²) in [5.74, 6) is -0.875. The summed E-state index contributed by atoms with van der Waals surface area (Å²) < 4.78 is 11.4. The van der Waals surface area contributed by atoms with Crippen molar-refractivity contribution < 1.29 is 28.8 Å². The van der Waals surface area contributed by atoms with Crippen LogP contribution in [-0.2, 0) is 20.9 Å². The van der Waals surface area contributed by atoms with E-state index in [0.29, 0.717) is 20.3 Å². The lowest BCUT2D eigenvalue weighted by molar-refractivity contribution is -0.384. The van der Waals surface area contributed by atoms with Gasteiger partial charge in [-0.05, 0) is 73.3 Å². The molecule has 1 aliphatic rings. The topological polar surface area (TPSA) is 128 Å². The molecule has 0 unspecified atom stereocenters. The lowest BCUT2D eigenvalue weighted by Crippen LogP contribution is -2.36. The Labute approximate surface area is 198 Å². The number of non-ortho nitro benzene ring substituents is 1. The van der Waals surface area contributed by atoms with Crippen LogP contribution in [0.15, 0.2) is 51.0 Å². The van der Waals surface area contributed by atoms with Gasteiger partial charge in [-0.3, -0.25) is 19.7 Å². The van der Waals surface area contributed by atoms with Gasteiger partial charge in [0.2, 0.25) is 0 Å². The van der Waals surface area contributed by atoms with Crippen LogP contribution >= 0.6 is 31.9 Å². The van der Waals surface area contributed by atoms with Crippen LogP contribution < -0.4 is 10.1 Å². The molecule has 0 bridgehead atoms. The molecule has 166 valence electrons. The molecule has 0 aromatic heterocycles. The third kappa shape index (κ3) is 5.32. The second kappa shape index (κ2) is 9.92. The van der Waals surface area contributed by atoms with E-state index >= 15 is 0 Å². The van der Waals surface area contributed by atoms with Crippen molar-refractivity contribution in [3.63, 3.8) is 0 Å². The number of esters is 1. The summed E-state index contributed by atoms with van der Waals surface area (Å²) in [6, 6.07) is 8.66. The number of urea groups is 1. The number of nitrogens with one attached hydrogen (secondary N) is 1. The van der Waals surface area contributed by atoms with Crippen LogP contribution in [0.2, 0.25) is 0 Å². The van der Waals surface area contributed by atoms with Crippen molar-refractivity contribution in [2.45, 2.75) is 6.61 Å². The van der Waals surface area contributed by atoms with Gasteiger partial charge in [-0.15, -0.1) is 0 Å². The van der Waals surface area contributed by atoms with Gasteiger partial charge < -0.3 is 14.8 Å². The highest BCUT2D eigenvalue weighted by Gasteiger charge is 2.35. The molecule has 2 aromatic rings. The van der Waals surface area contributed by atoms with Gasteiger partial charge in [0.05, 0.1) is 21.0 Å². The van der Waals surface area contributed by atoms with Crippen molar-refractivity contribution in [2.75, 3.05) is 13.7 Å². The summed E-state index contributed by atoms with van der Waals surface area (Å²) in [5, 5.41) is 13.2. The van der Waals surface area contributed by atoms with E-state index in [1.807, 2.05) is 0 Å². The largest absolute Gasteiger partial charge is 0.487 e. The Bertz CT molecular complexity index is 1110. The molecule has 0 spiro atoms. The maximum Gasteiger partial charge on any atom is 0.329 e. The number of benzene rings is 2. The number of hydrogen-bond acceptors (Lipinski definition) is 7. The lowest BCUT2D eigenvalue weighted by atomic mass is 10.1. The summed E-state index contributed by atoms with van der Waals surface area (Å²) in [7, 11) is 1.16. The van der Waals surface area contributed by atoms with E-state index in [4.69, 9.17) is 4.74 Å². The Balaban J connectivity index is 1.74. The smallest absolute Gasteiger partial charge is 0.329 e. The number of nitro benzene ring substituents is 1. The molecule has 0 aliphatic carbocycles. The van der Waals surface area contributed by atoms with Gasteiger partial charge in [-0.1, -0.05) is 0 Å². The van der Waals surface area contributed by atoms with Crippen LogP contribution in [0.5, 0.6) is 5.75 Å². The SMILES string of the molecule is COC(=O)CN1C(=O)N/C(=C/c2cc(Br)c(OCc3ccc([N+](=O)[O-])cc3)c(Br)c2)C1=O. The van der Waals surface area contributed by atoms with Crippen LogP contribution in [0, 0.1) is 10.1 Å². The number of nitrogens with zero attached hydrogens (tertiary/aromatic N) is 2. The van der Waals surface area contributed by atoms with E-state index in [2.05, 4.69) is 41.9 Å². The zero-order valence-corrected chi connectivity index (χ0v) is 19.6. The van der Waals surface area contributed by atoms with Gasteiger partial charge in [0.1, 0.15) is 24.6 Å². The molecule has 10 nitrogen and oxygen atoms in total. The normalized spacial score (nSPS) is 14.5. The third-order valence-corrected chi connectivity index (χ3v) is 5.52. The van der Waals surface area contributed by atoms with Gasteiger partial charge >= 0.3 is 12.0 Å². The highest BCUT2D eigenvalue weighted by molar-refractivity contribution is 9.11. The molecule has 32 heavy (non-hydrogen) atoms. The Morgan fingerprint density at radius 2 is 1.81 bits per heavy atom. The molecular formula is C20H15Br2N3O7. The van der Waals surface area contributed by atoms with E-state index in [1.54, 1.807) is 24.3 Å². The van der Waals surface area contributed by atoms with Gasteiger partial charge in [0, 0.05) is 12.1 Å². The second-order valence-electron chi connectivity index (χ2n) is 6.48. The number of carbonyl (C=O) groups is 3. The average molecular weight is 569 g/mol. The summed E-state index contributed by atoms with van der Waals surface area (Å²) in [5.41, 5.74) is 1.32. The highest BCUT2D eigenvalue weighted by Crippen LogP contribution is 2.36. The van der Waals surface area contributed by atoms with Crippen molar-refractivity contribution in [3.8, 4) is 5.75 Å². The van der Waals surface area contributed by atoms with E-state index in [-0.39, 0.29) is 18.0 Å².